The second-order valence-electron chi connectivity index (χ2n) is 6.47. The fraction of sp³-hybridized carbons (Fsp3) is 0.316. The largest absolute Gasteiger partial charge is 0.444 e. The molecule has 0 spiro atoms. The third-order valence-electron chi connectivity index (χ3n) is 4.48. The van der Waals surface area contributed by atoms with Crippen LogP contribution in [0.1, 0.15) is 23.1 Å². The van der Waals surface area contributed by atoms with Crippen LogP contribution in [0.25, 0.3) is 0 Å². The van der Waals surface area contributed by atoms with Gasteiger partial charge in [-0.15, -0.1) is 0 Å². The van der Waals surface area contributed by atoms with Crippen LogP contribution in [-0.2, 0) is 23.9 Å². The summed E-state index contributed by atoms with van der Waals surface area (Å²) in [7, 11) is 0. The Balaban J connectivity index is 2.05. The van der Waals surface area contributed by atoms with Crippen molar-refractivity contribution in [2.45, 2.75) is 37.8 Å². The Bertz CT molecular complexity index is 898. The lowest BCUT2D eigenvalue weighted by molar-refractivity contribution is -0.152. The summed E-state index contributed by atoms with van der Waals surface area (Å²) in [5.41, 5.74) is -1.66. The molecule has 0 radical (unpaired) electrons. The molecule has 0 saturated heterocycles. The van der Waals surface area contributed by atoms with E-state index in [2.05, 4.69) is 15.9 Å². The Morgan fingerprint density at radius 2 is 1.76 bits per heavy atom. The van der Waals surface area contributed by atoms with Crippen molar-refractivity contribution >= 4 is 27.7 Å². The number of benzene rings is 2. The van der Waals surface area contributed by atoms with Gasteiger partial charge in [0.25, 0.3) is 0 Å². The number of fused-ring (bicyclic) bond motifs is 1. The molecule has 1 amide bonds. The fourth-order valence-electron chi connectivity index (χ4n) is 3.24. The molecule has 1 unspecified atom stereocenters. The molecule has 0 N–H and O–H groups in total. The minimum absolute atomic E-state index is 0.0103. The zero-order valence-electron chi connectivity index (χ0n) is 14.6. The van der Waals surface area contributed by atoms with Gasteiger partial charge in [0.1, 0.15) is 12.6 Å². The molecule has 2 aromatic rings. The molecule has 1 atom stereocenters. The number of hydrogen-bond acceptors (Lipinski definition) is 2. The number of aryl methyl sites for hydroxylation is 1. The predicted octanol–water partition coefficient (Wildman–Crippen LogP) is 6.49. The first-order chi connectivity index (χ1) is 13.5. The van der Waals surface area contributed by atoms with Gasteiger partial charge in [-0.05, 0) is 36.1 Å². The molecule has 1 heterocycles. The second kappa shape index (κ2) is 7.89. The van der Waals surface area contributed by atoms with E-state index in [0.717, 1.165) is 0 Å². The molecular weight excluding hydrogens is 468 g/mol. The average molecular weight is 482 g/mol. The second-order valence-corrected chi connectivity index (χ2v) is 7.38. The summed E-state index contributed by atoms with van der Waals surface area (Å²) in [5.74, 6) is 0. The average Bonchev–Trinajstić information content (AvgIpc) is 2.63. The molecule has 1 aliphatic heterocycles. The summed E-state index contributed by atoms with van der Waals surface area (Å²) in [6.45, 7) is -0.367. The quantitative estimate of drug-likeness (QED) is 0.459. The van der Waals surface area contributed by atoms with Crippen LogP contribution in [0.4, 0.5) is 36.8 Å². The molecule has 3 nitrogen and oxygen atoms in total. The zero-order valence-corrected chi connectivity index (χ0v) is 16.2. The van der Waals surface area contributed by atoms with E-state index < -0.39 is 42.2 Å². The summed E-state index contributed by atoms with van der Waals surface area (Å²) in [6.07, 6.45) is -12.2. The van der Waals surface area contributed by atoms with Crippen molar-refractivity contribution < 1.29 is 35.9 Å². The topological polar surface area (TPSA) is 29.5 Å². The molecule has 3 rings (SSSR count). The van der Waals surface area contributed by atoms with Crippen LogP contribution in [0.15, 0.2) is 46.9 Å². The van der Waals surface area contributed by atoms with Gasteiger partial charge >= 0.3 is 18.4 Å². The number of carbonyl (C=O) groups excluding carboxylic acids is 1. The van der Waals surface area contributed by atoms with Crippen LogP contribution in [0.3, 0.4) is 0 Å². The SMILES string of the molecule is O=C(OCc1ccccc1)N1c2c(cc(Br)cc2C(F)(F)F)CCC1C(F)(F)F. The lowest BCUT2D eigenvalue weighted by Gasteiger charge is -2.38. The maximum Gasteiger partial charge on any atom is 0.418 e. The Hall–Kier alpha value is -2.23. The first-order valence-corrected chi connectivity index (χ1v) is 9.24. The third-order valence-corrected chi connectivity index (χ3v) is 4.94. The van der Waals surface area contributed by atoms with Crippen molar-refractivity contribution in [1.82, 2.24) is 0 Å². The molecule has 156 valence electrons. The highest BCUT2D eigenvalue weighted by molar-refractivity contribution is 9.10. The number of ether oxygens (including phenoxy) is 1. The summed E-state index contributed by atoms with van der Waals surface area (Å²) in [6, 6.07) is 7.66. The summed E-state index contributed by atoms with van der Waals surface area (Å²) in [5, 5.41) is 0. The molecule has 0 aromatic heterocycles. The predicted molar refractivity (Wildman–Crippen MR) is 96.4 cm³/mol. The van der Waals surface area contributed by atoms with Crippen molar-refractivity contribution in [2.24, 2.45) is 0 Å². The van der Waals surface area contributed by atoms with Crippen LogP contribution in [0.2, 0.25) is 0 Å². The molecular formula is C19H14BrF6NO2. The highest BCUT2D eigenvalue weighted by atomic mass is 79.9. The molecule has 0 saturated carbocycles. The van der Waals surface area contributed by atoms with E-state index in [4.69, 9.17) is 4.74 Å². The number of amides is 1. The Labute approximate surface area is 170 Å². The third kappa shape index (κ3) is 4.68. The van der Waals surface area contributed by atoms with Gasteiger partial charge in [-0.2, -0.15) is 26.3 Å². The number of alkyl halides is 6. The Morgan fingerprint density at radius 1 is 1.10 bits per heavy atom. The number of anilines is 1. The van der Waals surface area contributed by atoms with Gasteiger partial charge in [-0.3, -0.25) is 4.90 Å². The minimum Gasteiger partial charge on any atom is -0.444 e. The first-order valence-electron chi connectivity index (χ1n) is 8.44. The molecule has 0 aliphatic carbocycles. The number of halogens is 7. The lowest BCUT2D eigenvalue weighted by Crippen LogP contribution is -2.52. The number of carbonyl (C=O) groups is 1. The number of nitrogens with zero attached hydrogens (tertiary/aromatic N) is 1. The van der Waals surface area contributed by atoms with Gasteiger partial charge in [-0.1, -0.05) is 46.3 Å². The van der Waals surface area contributed by atoms with Crippen LogP contribution in [0.5, 0.6) is 0 Å². The summed E-state index contributed by atoms with van der Waals surface area (Å²) < 4.78 is 86.5. The van der Waals surface area contributed by atoms with Crippen LogP contribution >= 0.6 is 15.9 Å². The van der Waals surface area contributed by atoms with Crippen molar-refractivity contribution in [3.05, 3.63) is 63.6 Å². The number of rotatable bonds is 2. The summed E-state index contributed by atoms with van der Waals surface area (Å²) >= 11 is 2.95. The highest BCUT2D eigenvalue weighted by Crippen LogP contribution is 2.46. The molecule has 1 aliphatic rings. The van der Waals surface area contributed by atoms with E-state index in [9.17, 15) is 31.1 Å². The van der Waals surface area contributed by atoms with E-state index in [1.165, 1.54) is 6.07 Å². The van der Waals surface area contributed by atoms with Crippen molar-refractivity contribution in [3.63, 3.8) is 0 Å². The molecule has 0 fully saturated rings. The van der Waals surface area contributed by atoms with Gasteiger partial charge in [0.2, 0.25) is 0 Å². The van der Waals surface area contributed by atoms with Gasteiger partial charge < -0.3 is 4.74 Å². The Kier molecular flexibility index (Phi) is 5.84. The van der Waals surface area contributed by atoms with Crippen molar-refractivity contribution in [3.8, 4) is 0 Å². The highest BCUT2D eigenvalue weighted by Gasteiger charge is 2.51. The fourth-order valence-corrected chi connectivity index (χ4v) is 3.75. The maximum atomic E-state index is 13.6. The van der Waals surface area contributed by atoms with E-state index in [1.54, 1.807) is 30.3 Å². The normalized spacial score (nSPS) is 17.1. The zero-order chi connectivity index (χ0) is 21.4. The van der Waals surface area contributed by atoms with E-state index in [-0.39, 0.29) is 28.0 Å². The number of hydrogen-bond donors (Lipinski definition) is 0. The standard InChI is InChI=1S/C19H14BrF6NO2/c20-13-8-12-6-7-15(19(24,25)26)27(16(12)14(9-13)18(21,22)23)17(28)29-10-11-4-2-1-3-5-11/h1-5,8-9,15H,6-7,10H2. The summed E-state index contributed by atoms with van der Waals surface area (Å²) in [4.78, 5) is 12.7. The smallest absolute Gasteiger partial charge is 0.418 e. The maximum absolute atomic E-state index is 13.6. The monoisotopic (exact) mass is 481 g/mol. The Morgan fingerprint density at radius 3 is 2.34 bits per heavy atom. The van der Waals surface area contributed by atoms with Gasteiger partial charge in [0.15, 0.2) is 0 Å². The first kappa shape index (κ1) is 21.5. The van der Waals surface area contributed by atoms with E-state index >= 15 is 0 Å². The molecule has 0 bridgehead atoms. The van der Waals surface area contributed by atoms with Gasteiger partial charge in [-0.25, -0.2) is 4.79 Å². The van der Waals surface area contributed by atoms with Crippen molar-refractivity contribution in [1.29, 1.82) is 0 Å². The van der Waals surface area contributed by atoms with Crippen LogP contribution in [-0.4, -0.2) is 18.3 Å². The van der Waals surface area contributed by atoms with Crippen LogP contribution in [0, 0.1) is 0 Å². The van der Waals surface area contributed by atoms with Gasteiger partial charge in [0.05, 0.1) is 11.3 Å². The molecule has 29 heavy (non-hydrogen) atoms. The van der Waals surface area contributed by atoms with Gasteiger partial charge in [0, 0.05) is 4.47 Å². The van der Waals surface area contributed by atoms with Crippen LogP contribution < -0.4 is 4.90 Å². The van der Waals surface area contributed by atoms with E-state index in [1.807, 2.05) is 0 Å². The van der Waals surface area contributed by atoms with E-state index in [0.29, 0.717) is 11.6 Å². The minimum atomic E-state index is -4.96. The molecule has 2 aromatic carbocycles. The lowest BCUT2D eigenvalue weighted by atomic mass is 9.92. The molecule has 10 heteroatoms. The van der Waals surface area contributed by atoms with Crippen molar-refractivity contribution in [2.75, 3.05) is 4.90 Å².